The summed E-state index contributed by atoms with van der Waals surface area (Å²) in [6.07, 6.45) is 2.05. The number of aromatic nitrogens is 3. The van der Waals surface area contributed by atoms with Gasteiger partial charge in [-0.3, -0.25) is 5.10 Å². The van der Waals surface area contributed by atoms with Crippen molar-refractivity contribution in [3.05, 3.63) is 23.7 Å². The molecule has 0 unspecified atom stereocenters. The van der Waals surface area contributed by atoms with E-state index in [1.54, 1.807) is 0 Å². The number of nitrogens with one attached hydrogen (secondary N) is 1. The summed E-state index contributed by atoms with van der Waals surface area (Å²) < 4.78 is 1.96. The van der Waals surface area contributed by atoms with Crippen molar-refractivity contribution in [3.63, 3.8) is 0 Å². The highest BCUT2D eigenvalue weighted by molar-refractivity contribution is 5.41. The molecule has 2 heterocycles. The molecule has 12 heavy (non-hydrogen) atoms. The Morgan fingerprint density at radius 2 is 2.25 bits per heavy atom. The summed E-state index contributed by atoms with van der Waals surface area (Å²) in [7, 11) is 0. The molecule has 0 amide bonds. The van der Waals surface area contributed by atoms with Crippen LogP contribution in [0.5, 0.6) is 0 Å². The molecule has 0 atom stereocenters. The van der Waals surface area contributed by atoms with E-state index in [1.165, 1.54) is 5.56 Å². The monoisotopic (exact) mass is 163 g/mol. The van der Waals surface area contributed by atoms with Crippen molar-refractivity contribution in [1.82, 2.24) is 14.6 Å². The Hall–Kier alpha value is -1.25. The summed E-state index contributed by atoms with van der Waals surface area (Å²) in [5.41, 5.74) is 2.25. The molecular formula is C9H13N3. The highest BCUT2D eigenvalue weighted by Gasteiger charge is 2.05. The summed E-state index contributed by atoms with van der Waals surface area (Å²) in [6.45, 7) is 6.33. The average molecular weight is 163 g/mol. The van der Waals surface area contributed by atoms with Crippen LogP contribution in [0.1, 0.15) is 31.2 Å². The lowest BCUT2D eigenvalue weighted by Gasteiger charge is -1.95. The van der Waals surface area contributed by atoms with Crippen molar-refractivity contribution in [2.75, 3.05) is 0 Å². The molecule has 0 aromatic carbocycles. The van der Waals surface area contributed by atoms with Crippen LogP contribution in [-0.4, -0.2) is 14.6 Å². The smallest absolute Gasteiger partial charge is 0.153 e. The van der Waals surface area contributed by atoms with Crippen LogP contribution in [0.4, 0.5) is 0 Å². The summed E-state index contributed by atoms with van der Waals surface area (Å²) in [6, 6.07) is 2.07. The first-order valence-corrected chi connectivity index (χ1v) is 4.21. The number of nitrogens with zero attached hydrogens (tertiary/aromatic N) is 2. The van der Waals surface area contributed by atoms with Gasteiger partial charge in [-0.2, -0.15) is 0 Å². The van der Waals surface area contributed by atoms with E-state index in [0.29, 0.717) is 5.92 Å². The SMILES string of the molecule is Cc1cc2nc(C(C)C)[nH]n2c1. The standard InChI is InChI=1S/C9H13N3/c1-6(2)9-10-8-4-7(3)5-12(8)11-9/h4-6H,1-3H3,(H,10,11). The third kappa shape index (κ3) is 1.02. The van der Waals surface area contributed by atoms with Crippen LogP contribution in [0, 0.1) is 6.92 Å². The number of aromatic amines is 1. The Morgan fingerprint density at radius 1 is 1.50 bits per heavy atom. The zero-order valence-electron chi connectivity index (χ0n) is 7.63. The quantitative estimate of drug-likeness (QED) is 0.686. The Morgan fingerprint density at radius 3 is 2.83 bits per heavy atom. The summed E-state index contributed by atoms with van der Waals surface area (Å²) in [4.78, 5) is 4.44. The molecule has 2 aromatic rings. The summed E-state index contributed by atoms with van der Waals surface area (Å²) >= 11 is 0. The molecule has 0 saturated heterocycles. The lowest BCUT2D eigenvalue weighted by atomic mass is 10.2. The molecule has 2 rings (SSSR count). The summed E-state index contributed by atoms with van der Waals surface area (Å²) in [5, 5.41) is 3.22. The number of hydrogen-bond donors (Lipinski definition) is 1. The van der Waals surface area contributed by atoms with E-state index in [-0.39, 0.29) is 0 Å². The van der Waals surface area contributed by atoms with Crippen LogP contribution in [0.25, 0.3) is 5.65 Å². The van der Waals surface area contributed by atoms with Gasteiger partial charge in [-0.05, 0) is 18.6 Å². The minimum Gasteiger partial charge on any atom is -0.279 e. The zero-order valence-corrected chi connectivity index (χ0v) is 7.63. The van der Waals surface area contributed by atoms with Crippen LogP contribution in [0.3, 0.4) is 0 Å². The predicted octanol–water partition coefficient (Wildman–Crippen LogP) is 2.09. The van der Waals surface area contributed by atoms with E-state index < -0.39 is 0 Å². The minimum absolute atomic E-state index is 0.463. The van der Waals surface area contributed by atoms with Gasteiger partial charge in [0, 0.05) is 12.1 Å². The lowest BCUT2D eigenvalue weighted by molar-refractivity contribution is 0.765. The Labute approximate surface area is 71.4 Å². The van der Waals surface area contributed by atoms with Crippen LogP contribution in [0.15, 0.2) is 12.3 Å². The van der Waals surface area contributed by atoms with Crippen LogP contribution in [0.2, 0.25) is 0 Å². The maximum atomic E-state index is 4.44. The molecule has 0 radical (unpaired) electrons. The molecular weight excluding hydrogens is 150 g/mol. The number of rotatable bonds is 1. The second-order valence-electron chi connectivity index (χ2n) is 3.51. The number of H-pyrrole nitrogens is 1. The van der Waals surface area contributed by atoms with Gasteiger partial charge in [0.1, 0.15) is 5.82 Å². The molecule has 2 aromatic heterocycles. The normalized spacial score (nSPS) is 11.7. The van der Waals surface area contributed by atoms with Crippen LogP contribution < -0.4 is 0 Å². The fourth-order valence-corrected chi connectivity index (χ4v) is 1.29. The minimum atomic E-state index is 0.463. The topological polar surface area (TPSA) is 33.1 Å². The number of fused-ring (bicyclic) bond motifs is 1. The molecule has 0 fully saturated rings. The highest BCUT2D eigenvalue weighted by Crippen LogP contribution is 2.12. The molecule has 0 bridgehead atoms. The Bertz CT molecular complexity index is 363. The molecule has 0 aliphatic rings. The van der Waals surface area contributed by atoms with E-state index in [2.05, 4.69) is 36.9 Å². The van der Waals surface area contributed by atoms with E-state index in [0.717, 1.165) is 11.5 Å². The van der Waals surface area contributed by atoms with E-state index >= 15 is 0 Å². The molecule has 3 heteroatoms. The first-order chi connectivity index (χ1) is 5.66. The van der Waals surface area contributed by atoms with Gasteiger partial charge in [-0.15, -0.1) is 0 Å². The van der Waals surface area contributed by atoms with Crippen LogP contribution >= 0.6 is 0 Å². The zero-order chi connectivity index (χ0) is 8.72. The van der Waals surface area contributed by atoms with Crippen molar-refractivity contribution in [1.29, 1.82) is 0 Å². The second kappa shape index (κ2) is 2.37. The fraction of sp³-hybridized carbons (Fsp3) is 0.444. The first kappa shape index (κ1) is 7.40. The maximum Gasteiger partial charge on any atom is 0.153 e. The molecule has 3 nitrogen and oxygen atoms in total. The van der Waals surface area contributed by atoms with Crippen molar-refractivity contribution in [2.45, 2.75) is 26.7 Å². The second-order valence-corrected chi connectivity index (χ2v) is 3.51. The largest absolute Gasteiger partial charge is 0.279 e. The van der Waals surface area contributed by atoms with Crippen molar-refractivity contribution in [3.8, 4) is 0 Å². The average Bonchev–Trinajstić information content (AvgIpc) is 2.42. The lowest BCUT2D eigenvalue weighted by Crippen LogP contribution is -1.90. The highest BCUT2D eigenvalue weighted by atomic mass is 15.3. The van der Waals surface area contributed by atoms with E-state index in [4.69, 9.17) is 0 Å². The fourth-order valence-electron chi connectivity index (χ4n) is 1.29. The van der Waals surface area contributed by atoms with Crippen LogP contribution in [-0.2, 0) is 0 Å². The van der Waals surface area contributed by atoms with Gasteiger partial charge in [0.15, 0.2) is 5.65 Å². The third-order valence-electron chi connectivity index (χ3n) is 1.95. The van der Waals surface area contributed by atoms with Gasteiger partial charge in [0.25, 0.3) is 0 Å². The van der Waals surface area contributed by atoms with Gasteiger partial charge < -0.3 is 0 Å². The predicted molar refractivity (Wildman–Crippen MR) is 48.4 cm³/mol. The first-order valence-electron chi connectivity index (χ1n) is 4.21. The van der Waals surface area contributed by atoms with Crippen molar-refractivity contribution >= 4 is 5.65 Å². The Balaban J connectivity index is 2.57. The maximum absolute atomic E-state index is 4.44. The van der Waals surface area contributed by atoms with Gasteiger partial charge >= 0.3 is 0 Å². The van der Waals surface area contributed by atoms with E-state index in [1.807, 2.05) is 10.7 Å². The molecule has 0 saturated carbocycles. The number of hydrogen-bond acceptors (Lipinski definition) is 1. The third-order valence-corrected chi connectivity index (χ3v) is 1.95. The van der Waals surface area contributed by atoms with Gasteiger partial charge in [-0.1, -0.05) is 13.8 Å². The number of aryl methyl sites for hydroxylation is 1. The van der Waals surface area contributed by atoms with Gasteiger partial charge in [-0.25, -0.2) is 9.50 Å². The molecule has 1 N–H and O–H groups in total. The van der Waals surface area contributed by atoms with Crippen molar-refractivity contribution in [2.24, 2.45) is 0 Å². The van der Waals surface area contributed by atoms with Crippen molar-refractivity contribution < 1.29 is 0 Å². The molecule has 0 spiro atoms. The molecule has 0 aliphatic heterocycles. The summed E-state index contributed by atoms with van der Waals surface area (Å²) in [5.74, 6) is 1.51. The Kier molecular flexibility index (Phi) is 1.46. The molecule has 64 valence electrons. The molecule has 0 aliphatic carbocycles. The van der Waals surface area contributed by atoms with Gasteiger partial charge in [0.2, 0.25) is 0 Å². The van der Waals surface area contributed by atoms with E-state index in [9.17, 15) is 0 Å². The van der Waals surface area contributed by atoms with Gasteiger partial charge in [0.05, 0.1) is 0 Å².